The molecule has 0 aliphatic rings. The van der Waals surface area contributed by atoms with Gasteiger partial charge < -0.3 is 37.6 Å². The van der Waals surface area contributed by atoms with Crippen LogP contribution in [0.5, 0.6) is 5.75 Å². The van der Waals surface area contributed by atoms with Crippen molar-refractivity contribution in [1.82, 2.24) is 16.0 Å². The Hall–Kier alpha value is -3.67. The van der Waals surface area contributed by atoms with Gasteiger partial charge in [0, 0.05) is 0 Å². The molecule has 1 rings (SSSR count). The molecule has 9 N–H and O–H groups in total. The largest absolute Gasteiger partial charge is 0.508 e. The van der Waals surface area contributed by atoms with Crippen molar-refractivity contribution in [1.29, 1.82) is 0 Å². The number of phenols is 1. The summed E-state index contributed by atoms with van der Waals surface area (Å²) in [4.78, 5) is 59.4. The van der Waals surface area contributed by atoms with Gasteiger partial charge >= 0.3 is 5.97 Å². The lowest BCUT2D eigenvalue weighted by Crippen LogP contribution is -2.56. The second-order valence-corrected chi connectivity index (χ2v) is 7.70. The minimum absolute atomic E-state index is 0.0812. The predicted molar refractivity (Wildman–Crippen MR) is 118 cm³/mol. The Balaban J connectivity index is 2.67. The molecule has 0 fully saturated rings. The second-order valence-electron chi connectivity index (χ2n) is 7.70. The number of carbonyl (C=O) groups excluding carboxylic acids is 4. The molecule has 4 unspecified atom stereocenters. The number of rotatable bonds is 13. The summed E-state index contributed by atoms with van der Waals surface area (Å²) in [6, 6.07) is 2.59. The zero-order chi connectivity index (χ0) is 25.1. The van der Waals surface area contributed by atoms with E-state index in [1.165, 1.54) is 12.1 Å². The van der Waals surface area contributed by atoms with Gasteiger partial charge in [0.25, 0.3) is 0 Å². The van der Waals surface area contributed by atoms with Gasteiger partial charge in [-0.25, -0.2) is 4.79 Å². The Morgan fingerprint density at radius 3 is 2.15 bits per heavy atom. The quantitative estimate of drug-likeness (QED) is 0.179. The summed E-state index contributed by atoms with van der Waals surface area (Å²) in [5.41, 5.74) is 11.6. The summed E-state index contributed by atoms with van der Waals surface area (Å²) in [5.74, 6) is -4.69. The summed E-state index contributed by atoms with van der Waals surface area (Å²) in [6.45, 7) is 3.01. The number of phenolic OH excluding ortho intramolecular Hbond substituents is 1. The molecule has 0 bridgehead atoms. The summed E-state index contributed by atoms with van der Waals surface area (Å²) < 4.78 is 0. The highest BCUT2D eigenvalue weighted by Gasteiger charge is 2.30. The van der Waals surface area contributed by atoms with E-state index in [4.69, 9.17) is 16.6 Å². The molecule has 0 saturated heterocycles. The molecule has 0 heterocycles. The molecule has 0 aliphatic carbocycles. The van der Waals surface area contributed by atoms with Crippen LogP contribution in [-0.2, 0) is 30.4 Å². The number of carboxylic acids is 1. The van der Waals surface area contributed by atoms with Crippen molar-refractivity contribution in [3.63, 3.8) is 0 Å². The van der Waals surface area contributed by atoms with Gasteiger partial charge in [-0.15, -0.1) is 0 Å². The topological polar surface area (TPSA) is 214 Å². The maximum atomic E-state index is 12.6. The van der Waals surface area contributed by atoms with Crippen LogP contribution < -0.4 is 27.4 Å². The van der Waals surface area contributed by atoms with E-state index in [1.807, 2.05) is 0 Å². The van der Waals surface area contributed by atoms with Crippen molar-refractivity contribution in [3.8, 4) is 5.75 Å². The van der Waals surface area contributed by atoms with Gasteiger partial charge in [0.2, 0.25) is 23.6 Å². The van der Waals surface area contributed by atoms with Crippen molar-refractivity contribution in [3.05, 3.63) is 29.8 Å². The first-order valence-electron chi connectivity index (χ1n) is 10.4. The van der Waals surface area contributed by atoms with Crippen LogP contribution >= 0.6 is 0 Å². The predicted octanol–water partition coefficient (Wildman–Crippen LogP) is -1.65. The summed E-state index contributed by atoms with van der Waals surface area (Å²) in [5, 5.41) is 25.5. The number of nitrogens with two attached hydrogens (primary N) is 2. The third-order valence-electron chi connectivity index (χ3n) is 4.98. The van der Waals surface area contributed by atoms with Gasteiger partial charge in [-0.2, -0.15) is 0 Å². The highest BCUT2D eigenvalue weighted by atomic mass is 16.4. The monoisotopic (exact) mass is 465 g/mol. The lowest BCUT2D eigenvalue weighted by molar-refractivity contribution is -0.144. The fourth-order valence-corrected chi connectivity index (χ4v) is 2.87. The van der Waals surface area contributed by atoms with Crippen molar-refractivity contribution in [2.45, 2.75) is 51.2 Å². The van der Waals surface area contributed by atoms with Crippen LogP contribution in [0.2, 0.25) is 0 Å². The van der Waals surface area contributed by atoms with Crippen LogP contribution in [0.15, 0.2) is 24.3 Å². The van der Waals surface area contributed by atoms with Crippen LogP contribution in [0.25, 0.3) is 0 Å². The molecular weight excluding hydrogens is 434 g/mol. The van der Waals surface area contributed by atoms with Gasteiger partial charge in [-0.3, -0.25) is 19.2 Å². The number of benzene rings is 1. The number of carboxylic acid groups (broad SMARTS) is 1. The summed E-state index contributed by atoms with van der Waals surface area (Å²) in [6.07, 6.45) is 0.0646. The van der Waals surface area contributed by atoms with E-state index >= 15 is 0 Å². The number of primary amides is 1. The van der Waals surface area contributed by atoms with Crippen molar-refractivity contribution >= 4 is 29.6 Å². The Bertz CT molecular complexity index is 859. The SMILES string of the molecule is CCC(C)C(NC(=O)CNC(=O)C(N)Cc1ccc(O)cc1)C(=O)NC(CC(N)=O)C(=O)O. The minimum Gasteiger partial charge on any atom is -0.508 e. The van der Waals surface area contributed by atoms with Gasteiger partial charge in [0.1, 0.15) is 17.8 Å². The molecule has 12 heteroatoms. The van der Waals surface area contributed by atoms with E-state index in [1.54, 1.807) is 26.0 Å². The van der Waals surface area contributed by atoms with Crippen LogP contribution in [0.3, 0.4) is 0 Å². The molecule has 4 atom stereocenters. The van der Waals surface area contributed by atoms with Gasteiger partial charge in [0.15, 0.2) is 0 Å². The normalized spacial score (nSPS) is 14.3. The fraction of sp³-hybridized carbons (Fsp3) is 0.476. The van der Waals surface area contributed by atoms with Crippen molar-refractivity contribution in [2.75, 3.05) is 6.54 Å². The van der Waals surface area contributed by atoms with Gasteiger partial charge in [-0.1, -0.05) is 32.4 Å². The number of hydrogen-bond acceptors (Lipinski definition) is 7. The van der Waals surface area contributed by atoms with Crippen molar-refractivity contribution < 1.29 is 34.2 Å². The van der Waals surface area contributed by atoms with Crippen LogP contribution in [-0.4, -0.2) is 64.5 Å². The standard InChI is InChI=1S/C21H31N5O7/c1-3-11(2)18(20(31)25-15(21(32)33)9-16(23)28)26-17(29)10-24-19(30)14(22)8-12-4-6-13(27)7-5-12/h4-7,11,14-15,18,27H,3,8-10,22H2,1-2H3,(H2,23,28)(H,24,30)(H,25,31)(H,26,29)(H,32,33). The van der Waals surface area contributed by atoms with Gasteiger partial charge in [-0.05, 0) is 30.0 Å². The first-order chi connectivity index (χ1) is 15.4. The van der Waals surface area contributed by atoms with Crippen LogP contribution in [0.1, 0.15) is 32.3 Å². The maximum absolute atomic E-state index is 12.6. The van der Waals surface area contributed by atoms with Crippen molar-refractivity contribution in [2.24, 2.45) is 17.4 Å². The smallest absolute Gasteiger partial charge is 0.326 e. The molecule has 33 heavy (non-hydrogen) atoms. The molecule has 0 spiro atoms. The molecular formula is C21H31N5O7. The molecule has 0 saturated carbocycles. The first kappa shape index (κ1) is 27.4. The van der Waals surface area contributed by atoms with E-state index in [0.717, 1.165) is 5.56 Å². The highest BCUT2D eigenvalue weighted by molar-refractivity contribution is 5.93. The molecule has 0 aliphatic heterocycles. The average molecular weight is 466 g/mol. The number of amides is 4. The lowest BCUT2D eigenvalue weighted by atomic mass is 9.97. The zero-order valence-electron chi connectivity index (χ0n) is 18.5. The second kappa shape index (κ2) is 13.0. The number of carbonyl (C=O) groups is 5. The summed E-state index contributed by atoms with van der Waals surface area (Å²) >= 11 is 0. The van der Waals surface area contributed by atoms with E-state index in [0.29, 0.717) is 6.42 Å². The minimum atomic E-state index is -1.53. The first-order valence-corrected chi connectivity index (χ1v) is 10.4. The fourth-order valence-electron chi connectivity index (χ4n) is 2.87. The van der Waals surface area contributed by atoms with Crippen LogP contribution in [0.4, 0.5) is 0 Å². The molecule has 182 valence electrons. The molecule has 1 aromatic carbocycles. The maximum Gasteiger partial charge on any atom is 0.326 e. The molecule has 0 radical (unpaired) electrons. The van der Waals surface area contributed by atoms with Gasteiger partial charge in [0.05, 0.1) is 19.0 Å². The number of aromatic hydroxyl groups is 1. The van der Waals surface area contributed by atoms with E-state index in [-0.39, 0.29) is 18.1 Å². The molecule has 1 aromatic rings. The molecule has 4 amide bonds. The Labute approximate surface area is 191 Å². The molecule has 12 nitrogen and oxygen atoms in total. The average Bonchev–Trinajstić information content (AvgIpc) is 2.75. The Kier molecular flexibility index (Phi) is 10.8. The Morgan fingerprint density at radius 1 is 1.03 bits per heavy atom. The number of aliphatic carboxylic acids is 1. The Morgan fingerprint density at radius 2 is 1.64 bits per heavy atom. The zero-order valence-corrected chi connectivity index (χ0v) is 18.5. The lowest BCUT2D eigenvalue weighted by Gasteiger charge is -2.25. The number of hydrogen-bond donors (Lipinski definition) is 7. The molecule has 0 aromatic heterocycles. The van der Waals surface area contributed by atoms with E-state index in [2.05, 4.69) is 16.0 Å². The third kappa shape index (κ3) is 9.56. The van der Waals surface area contributed by atoms with E-state index in [9.17, 15) is 29.1 Å². The summed E-state index contributed by atoms with van der Waals surface area (Å²) in [7, 11) is 0. The van der Waals surface area contributed by atoms with Crippen LogP contribution in [0, 0.1) is 5.92 Å². The number of nitrogens with one attached hydrogen (secondary N) is 3. The van der Waals surface area contributed by atoms with E-state index < -0.39 is 60.7 Å². The third-order valence-corrected chi connectivity index (χ3v) is 4.98. The highest BCUT2D eigenvalue weighted by Crippen LogP contribution is 2.11.